The highest BCUT2D eigenvalue weighted by atomic mass is 16.3. The Morgan fingerprint density at radius 1 is 0.952 bits per heavy atom. The van der Waals surface area contributed by atoms with Gasteiger partial charge in [-0.3, -0.25) is 0 Å². The Morgan fingerprint density at radius 2 is 1.67 bits per heavy atom. The molecule has 0 fully saturated rings. The number of furan rings is 1. The van der Waals surface area contributed by atoms with Gasteiger partial charge in [0.05, 0.1) is 6.26 Å². The van der Waals surface area contributed by atoms with Crippen LogP contribution in [0.5, 0.6) is 0 Å². The van der Waals surface area contributed by atoms with E-state index in [9.17, 15) is 0 Å². The minimum absolute atomic E-state index is 1.01. The topological polar surface area (TPSA) is 13.1 Å². The lowest BCUT2D eigenvalue weighted by molar-refractivity contribution is 0.514. The number of rotatable bonds is 13. The SMILES string of the molecule is CCCCCCC/C=C(/CCCCCC)Cc1ccco1. The van der Waals surface area contributed by atoms with Crippen LogP contribution in [-0.2, 0) is 6.42 Å². The van der Waals surface area contributed by atoms with Gasteiger partial charge in [0.1, 0.15) is 5.76 Å². The van der Waals surface area contributed by atoms with Gasteiger partial charge < -0.3 is 4.42 Å². The fourth-order valence-corrected chi connectivity index (χ4v) is 2.73. The Hall–Kier alpha value is -0.980. The van der Waals surface area contributed by atoms with Crippen molar-refractivity contribution in [3.05, 3.63) is 35.8 Å². The minimum Gasteiger partial charge on any atom is -0.469 e. The molecule has 0 amide bonds. The molecule has 1 nitrogen and oxygen atoms in total. The average molecular weight is 290 g/mol. The third kappa shape index (κ3) is 9.55. The molecule has 0 atom stereocenters. The van der Waals surface area contributed by atoms with Gasteiger partial charge in [-0.2, -0.15) is 0 Å². The summed E-state index contributed by atoms with van der Waals surface area (Å²) in [5.74, 6) is 1.11. The average Bonchev–Trinajstić information content (AvgIpc) is 2.99. The van der Waals surface area contributed by atoms with Gasteiger partial charge in [0, 0.05) is 6.42 Å². The van der Waals surface area contributed by atoms with Crippen LogP contribution in [-0.4, -0.2) is 0 Å². The summed E-state index contributed by atoms with van der Waals surface area (Å²) >= 11 is 0. The molecule has 0 saturated carbocycles. The third-order valence-electron chi connectivity index (χ3n) is 4.07. The van der Waals surface area contributed by atoms with Crippen molar-refractivity contribution in [2.75, 3.05) is 0 Å². The minimum atomic E-state index is 1.01. The van der Waals surface area contributed by atoms with E-state index in [2.05, 4.69) is 26.0 Å². The molecule has 21 heavy (non-hydrogen) atoms. The monoisotopic (exact) mass is 290 g/mol. The van der Waals surface area contributed by atoms with Crippen molar-refractivity contribution < 1.29 is 4.42 Å². The van der Waals surface area contributed by atoms with Gasteiger partial charge in [0.2, 0.25) is 0 Å². The zero-order chi connectivity index (χ0) is 15.2. The van der Waals surface area contributed by atoms with Gasteiger partial charge >= 0.3 is 0 Å². The van der Waals surface area contributed by atoms with E-state index in [4.69, 9.17) is 4.42 Å². The predicted molar refractivity (Wildman–Crippen MR) is 92.6 cm³/mol. The Labute approximate surface area is 131 Å². The summed E-state index contributed by atoms with van der Waals surface area (Å²) in [6, 6.07) is 4.09. The molecule has 0 N–H and O–H groups in total. The molecule has 0 unspecified atom stereocenters. The van der Waals surface area contributed by atoms with Gasteiger partial charge in [-0.15, -0.1) is 0 Å². The van der Waals surface area contributed by atoms with Crippen LogP contribution >= 0.6 is 0 Å². The smallest absolute Gasteiger partial charge is 0.107 e. The van der Waals surface area contributed by atoms with Crippen LogP contribution in [0.3, 0.4) is 0 Å². The lowest BCUT2D eigenvalue weighted by atomic mass is 10.0. The molecule has 0 aliphatic carbocycles. The lowest BCUT2D eigenvalue weighted by Gasteiger charge is -2.07. The number of hydrogen-bond acceptors (Lipinski definition) is 1. The van der Waals surface area contributed by atoms with Crippen molar-refractivity contribution in [3.8, 4) is 0 Å². The van der Waals surface area contributed by atoms with Crippen LogP contribution in [0.4, 0.5) is 0 Å². The third-order valence-corrected chi connectivity index (χ3v) is 4.07. The van der Waals surface area contributed by atoms with E-state index >= 15 is 0 Å². The van der Waals surface area contributed by atoms with Gasteiger partial charge in [0.25, 0.3) is 0 Å². The first-order valence-electron chi connectivity index (χ1n) is 9.07. The highest BCUT2D eigenvalue weighted by Gasteiger charge is 2.02. The molecule has 0 aliphatic heterocycles. The molecule has 1 aromatic heterocycles. The first-order chi connectivity index (χ1) is 10.4. The molecule has 1 heterocycles. The van der Waals surface area contributed by atoms with Crippen LogP contribution < -0.4 is 0 Å². The summed E-state index contributed by atoms with van der Waals surface area (Å²) < 4.78 is 5.51. The fourth-order valence-electron chi connectivity index (χ4n) is 2.73. The van der Waals surface area contributed by atoms with Crippen LogP contribution in [0.25, 0.3) is 0 Å². The molecular formula is C20H34O. The van der Waals surface area contributed by atoms with E-state index in [0.717, 1.165) is 12.2 Å². The van der Waals surface area contributed by atoms with E-state index in [1.807, 2.05) is 6.07 Å². The molecule has 0 radical (unpaired) electrons. The molecule has 1 rings (SSSR count). The van der Waals surface area contributed by atoms with Gasteiger partial charge in [-0.25, -0.2) is 0 Å². The van der Waals surface area contributed by atoms with E-state index < -0.39 is 0 Å². The van der Waals surface area contributed by atoms with Crippen molar-refractivity contribution in [2.24, 2.45) is 0 Å². The molecule has 120 valence electrons. The zero-order valence-corrected chi connectivity index (χ0v) is 14.2. The standard InChI is InChI=1S/C20H34O/c1-3-5-7-9-10-12-15-19(14-11-8-6-4-2)18-20-16-13-17-21-20/h13,15-17H,3-12,14,18H2,1-2H3/b19-15-. The molecule has 0 aromatic carbocycles. The Kier molecular flexibility index (Phi) is 11.0. The normalized spacial score (nSPS) is 12.0. The summed E-state index contributed by atoms with van der Waals surface area (Å²) in [5, 5.41) is 0. The van der Waals surface area contributed by atoms with Gasteiger partial charge in [0.15, 0.2) is 0 Å². The summed E-state index contributed by atoms with van der Waals surface area (Å²) in [5.41, 5.74) is 1.58. The highest BCUT2D eigenvalue weighted by molar-refractivity contribution is 5.12. The maximum atomic E-state index is 5.51. The molecule has 0 aliphatic rings. The summed E-state index contributed by atoms with van der Waals surface area (Å²) in [6.07, 6.45) is 20.0. The molecule has 0 spiro atoms. The summed E-state index contributed by atoms with van der Waals surface area (Å²) in [7, 11) is 0. The second-order valence-electron chi connectivity index (χ2n) is 6.13. The van der Waals surface area contributed by atoms with Crippen LogP contribution in [0, 0.1) is 0 Å². The van der Waals surface area contributed by atoms with E-state index in [1.165, 1.54) is 70.6 Å². The second kappa shape index (κ2) is 12.7. The van der Waals surface area contributed by atoms with Crippen molar-refractivity contribution in [3.63, 3.8) is 0 Å². The molecular weight excluding hydrogens is 256 g/mol. The summed E-state index contributed by atoms with van der Waals surface area (Å²) in [4.78, 5) is 0. The van der Waals surface area contributed by atoms with Gasteiger partial charge in [-0.05, 0) is 37.8 Å². The second-order valence-corrected chi connectivity index (χ2v) is 6.13. The van der Waals surface area contributed by atoms with Crippen LogP contribution in [0.2, 0.25) is 0 Å². The van der Waals surface area contributed by atoms with E-state index in [0.29, 0.717) is 0 Å². The maximum Gasteiger partial charge on any atom is 0.107 e. The van der Waals surface area contributed by atoms with Crippen molar-refractivity contribution in [2.45, 2.75) is 90.9 Å². The first-order valence-corrected chi connectivity index (χ1v) is 9.07. The largest absolute Gasteiger partial charge is 0.469 e. The first kappa shape index (κ1) is 18.1. The highest BCUT2D eigenvalue weighted by Crippen LogP contribution is 2.18. The van der Waals surface area contributed by atoms with E-state index in [-0.39, 0.29) is 0 Å². The van der Waals surface area contributed by atoms with Crippen molar-refractivity contribution in [1.29, 1.82) is 0 Å². The van der Waals surface area contributed by atoms with Crippen molar-refractivity contribution in [1.82, 2.24) is 0 Å². The fraction of sp³-hybridized carbons (Fsp3) is 0.700. The molecule has 0 saturated heterocycles. The Morgan fingerprint density at radius 3 is 2.33 bits per heavy atom. The van der Waals surface area contributed by atoms with Crippen LogP contribution in [0.15, 0.2) is 34.5 Å². The number of allylic oxidation sites excluding steroid dienone is 2. The van der Waals surface area contributed by atoms with E-state index in [1.54, 1.807) is 11.8 Å². The number of unbranched alkanes of at least 4 members (excludes halogenated alkanes) is 8. The Balaban J connectivity index is 2.31. The summed E-state index contributed by atoms with van der Waals surface area (Å²) in [6.45, 7) is 4.55. The van der Waals surface area contributed by atoms with Crippen LogP contribution in [0.1, 0.15) is 90.2 Å². The van der Waals surface area contributed by atoms with Crippen molar-refractivity contribution >= 4 is 0 Å². The lowest BCUT2D eigenvalue weighted by Crippen LogP contribution is -1.91. The quantitative estimate of drug-likeness (QED) is 0.279. The zero-order valence-electron chi connectivity index (χ0n) is 14.2. The predicted octanol–water partition coefficient (Wildman–Crippen LogP) is 7.08. The van der Waals surface area contributed by atoms with Gasteiger partial charge in [-0.1, -0.05) is 70.4 Å². The Bertz CT molecular complexity index is 348. The molecule has 1 heteroatoms. The maximum absolute atomic E-state index is 5.51. The number of hydrogen-bond donors (Lipinski definition) is 0. The molecule has 1 aromatic rings. The molecule has 0 bridgehead atoms.